The second-order valence-electron chi connectivity index (χ2n) is 6.76. The summed E-state index contributed by atoms with van der Waals surface area (Å²) < 4.78 is 0. The summed E-state index contributed by atoms with van der Waals surface area (Å²) in [5, 5.41) is 5.48. The van der Waals surface area contributed by atoms with E-state index < -0.39 is 0 Å². The number of pyridine rings is 1. The quantitative estimate of drug-likeness (QED) is 0.907. The van der Waals surface area contributed by atoms with Gasteiger partial charge in [-0.3, -0.25) is 4.98 Å². The number of nitrogens with one attached hydrogen (secondary N) is 1. The van der Waals surface area contributed by atoms with Crippen LogP contribution in [0, 0.1) is 6.92 Å². The summed E-state index contributed by atoms with van der Waals surface area (Å²) in [5.74, 6) is 0. The Balaban J connectivity index is 2.00. The Morgan fingerprint density at radius 1 is 1.36 bits per heavy atom. The van der Waals surface area contributed by atoms with Crippen LogP contribution in [0.5, 0.6) is 0 Å². The molecule has 0 aliphatic carbocycles. The first kappa shape index (κ1) is 15.5. The standard InChI is InChI=1S/C18H25N3S/c1-13-7-8-15-17(20-13)18(2,3)12-21(15)14(9-10-19-4)16-6-5-11-22-16/h5-8,11,14,19H,9-10,12H2,1-4H3/t14-/m0/s1. The van der Waals surface area contributed by atoms with Crippen molar-refractivity contribution in [3.8, 4) is 0 Å². The van der Waals surface area contributed by atoms with Gasteiger partial charge in [-0.05, 0) is 50.5 Å². The van der Waals surface area contributed by atoms with E-state index in [0.717, 1.165) is 25.2 Å². The second-order valence-corrected chi connectivity index (χ2v) is 7.73. The maximum atomic E-state index is 4.85. The summed E-state index contributed by atoms with van der Waals surface area (Å²) in [6.07, 6.45) is 1.11. The molecular formula is C18H25N3S. The zero-order valence-electron chi connectivity index (χ0n) is 13.9. The Morgan fingerprint density at radius 3 is 2.86 bits per heavy atom. The fourth-order valence-electron chi connectivity index (χ4n) is 3.36. The number of fused-ring (bicyclic) bond motifs is 1. The van der Waals surface area contributed by atoms with E-state index in [1.54, 1.807) is 0 Å². The molecule has 3 nitrogen and oxygen atoms in total. The molecule has 0 saturated heterocycles. The molecule has 4 heteroatoms. The van der Waals surface area contributed by atoms with E-state index in [1.165, 1.54) is 16.3 Å². The van der Waals surface area contributed by atoms with E-state index in [4.69, 9.17) is 4.98 Å². The SMILES string of the molecule is CNCC[C@@H](c1cccs1)N1CC(C)(C)c2nc(C)ccc21. The summed E-state index contributed by atoms with van der Waals surface area (Å²) in [7, 11) is 2.03. The van der Waals surface area contributed by atoms with E-state index >= 15 is 0 Å². The smallest absolute Gasteiger partial charge is 0.0713 e. The number of hydrogen-bond acceptors (Lipinski definition) is 4. The van der Waals surface area contributed by atoms with Gasteiger partial charge in [0.05, 0.1) is 17.4 Å². The Kier molecular flexibility index (Phi) is 4.24. The zero-order valence-corrected chi connectivity index (χ0v) is 14.7. The van der Waals surface area contributed by atoms with Gasteiger partial charge in [0.25, 0.3) is 0 Å². The van der Waals surface area contributed by atoms with Gasteiger partial charge in [0.2, 0.25) is 0 Å². The van der Waals surface area contributed by atoms with Crippen LogP contribution in [0.2, 0.25) is 0 Å². The van der Waals surface area contributed by atoms with Gasteiger partial charge in [0, 0.05) is 22.5 Å². The average molecular weight is 315 g/mol. The number of hydrogen-bond donors (Lipinski definition) is 1. The molecule has 0 radical (unpaired) electrons. The van der Waals surface area contributed by atoms with Gasteiger partial charge in [-0.25, -0.2) is 0 Å². The predicted octanol–water partition coefficient (Wildman–Crippen LogP) is 3.90. The fourth-order valence-corrected chi connectivity index (χ4v) is 4.23. The van der Waals surface area contributed by atoms with Crippen LogP contribution in [0.3, 0.4) is 0 Å². The molecule has 0 unspecified atom stereocenters. The molecule has 2 aromatic rings. The average Bonchev–Trinajstić information content (AvgIpc) is 3.08. The maximum Gasteiger partial charge on any atom is 0.0713 e. The maximum absolute atomic E-state index is 4.85. The molecule has 1 aliphatic rings. The van der Waals surface area contributed by atoms with Gasteiger partial charge in [-0.2, -0.15) is 0 Å². The third-order valence-corrected chi connectivity index (χ3v) is 5.42. The fraction of sp³-hybridized carbons (Fsp3) is 0.500. The molecule has 1 N–H and O–H groups in total. The first-order chi connectivity index (χ1) is 10.5. The normalized spacial score (nSPS) is 17.5. The number of aryl methyl sites for hydroxylation is 1. The molecule has 3 heterocycles. The second kappa shape index (κ2) is 6.01. The van der Waals surface area contributed by atoms with Crippen LogP contribution < -0.4 is 10.2 Å². The molecule has 0 bridgehead atoms. The predicted molar refractivity (Wildman–Crippen MR) is 94.9 cm³/mol. The van der Waals surface area contributed by atoms with E-state index in [1.807, 2.05) is 18.4 Å². The number of anilines is 1. The van der Waals surface area contributed by atoms with Gasteiger partial charge in [0.1, 0.15) is 0 Å². The highest BCUT2D eigenvalue weighted by Crippen LogP contribution is 2.44. The number of rotatable bonds is 5. The minimum absolute atomic E-state index is 0.108. The van der Waals surface area contributed by atoms with E-state index in [2.05, 4.69) is 60.6 Å². The molecule has 0 saturated carbocycles. The first-order valence-electron chi connectivity index (χ1n) is 7.96. The summed E-state index contributed by atoms with van der Waals surface area (Å²) in [4.78, 5) is 8.85. The molecule has 3 rings (SSSR count). The highest BCUT2D eigenvalue weighted by Gasteiger charge is 2.39. The topological polar surface area (TPSA) is 28.2 Å². The Bertz CT molecular complexity index is 634. The molecule has 1 atom stereocenters. The summed E-state index contributed by atoms with van der Waals surface area (Å²) in [6, 6.07) is 9.24. The Labute approximate surface area is 137 Å². The van der Waals surface area contributed by atoms with Crippen LogP contribution >= 0.6 is 11.3 Å². The largest absolute Gasteiger partial charge is 0.361 e. The Morgan fingerprint density at radius 2 is 2.18 bits per heavy atom. The molecule has 0 aromatic carbocycles. The molecule has 0 fully saturated rings. The van der Waals surface area contributed by atoms with Crippen LogP contribution in [0.1, 0.15) is 42.6 Å². The number of aromatic nitrogens is 1. The van der Waals surface area contributed by atoms with E-state index in [9.17, 15) is 0 Å². The van der Waals surface area contributed by atoms with Crippen molar-refractivity contribution in [1.82, 2.24) is 10.3 Å². The highest BCUT2D eigenvalue weighted by molar-refractivity contribution is 7.10. The van der Waals surface area contributed by atoms with E-state index in [0.29, 0.717) is 6.04 Å². The van der Waals surface area contributed by atoms with Gasteiger partial charge >= 0.3 is 0 Å². The van der Waals surface area contributed by atoms with Crippen LogP contribution in [0.4, 0.5) is 5.69 Å². The lowest BCUT2D eigenvalue weighted by atomic mass is 9.91. The molecule has 0 amide bonds. The molecule has 0 spiro atoms. The van der Waals surface area contributed by atoms with Crippen LogP contribution in [-0.2, 0) is 5.41 Å². The minimum Gasteiger partial charge on any atom is -0.361 e. The van der Waals surface area contributed by atoms with Gasteiger partial charge < -0.3 is 10.2 Å². The monoisotopic (exact) mass is 315 g/mol. The molecule has 118 valence electrons. The van der Waals surface area contributed by atoms with E-state index in [-0.39, 0.29) is 5.41 Å². The summed E-state index contributed by atoms with van der Waals surface area (Å²) in [5.41, 5.74) is 3.77. The van der Waals surface area contributed by atoms with Crippen molar-refractivity contribution in [3.63, 3.8) is 0 Å². The van der Waals surface area contributed by atoms with Gasteiger partial charge in [0.15, 0.2) is 0 Å². The van der Waals surface area contributed by atoms with Crippen molar-refractivity contribution in [2.75, 3.05) is 25.0 Å². The molecule has 2 aromatic heterocycles. The molecular weight excluding hydrogens is 290 g/mol. The lowest BCUT2D eigenvalue weighted by Gasteiger charge is -2.31. The van der Waals surface area contributed by atoms with Crippen molar-refractivity contribution in [3.05, 3.63) is 45.9 Å². The van der Waals surface area contributed by atoms with Crippen molar-refractivity contribution < 1.29 is 0 Å². The van der Waals surface area contributed by atoms with Crippen LogP contribution in [-0.4, -0.2) is 25.1 Å². The van der Waals surface area contributed by atoms with Crippen LogP contribution in [0.15, 0.2) is 29.6 Å². The minimum atomic E-state index is 0.108. The van der Waals surface area contributed by atoms with Gasteiger partial charge in [-0.1, -0.05) is 19.9 Å². The van der Waals surface area contributed by atoms with Crippen molar-refractivity contribution >= 4 is 17.0 Å². The lowest BCUT2D eigenvalue weighted by Crippen LogP contribution is -2.33. The summed E-state index contributed by atoms with van der Waals surface area (Å²) in [6.45, 7) is 8.75. The zero-order chi connectivity index (χ0) is 15.7. The third-order valence-electron chi connectivity index (χ3n) is 4.44. The van der Waals surface area contributed by atoms with Crippen LogP contribution in [0.25, 0.3) is 0 Å². The van der Waals surface area contributed by atoms with Crippen molar-refractivity contribution in [2.45, 2.75) is 38.6 Å². The highest BCUT2D eigenvalue weighted by atomic mass is 32.1. The third kappa shape index (κ3) is 2.77. The number of nitrogens with zero attached hydrogens (tertiary/aromatic N) is 2. The van der Waals surface area contributed by atoms with Crippen molar-refractivity contribution in [1.29, 1.82) is 0 Å². The summed E-state index contributed by atoms with van der Waals surface area (Å²) >= 11 is 1.86. The Hall–Kier alpha value is -1.39. The molecule has 1 aliphatic heterocycles. The lowest BCUT2D eigenvalue weighted by molar-refractivity contribution is 0.493. The first-order valence-corrected chi connectivity index (χ1v) is 8.83. The van der Waals surface area contributed by atoms with Gasteiger partial charge in [-0.15, -0.1) is 11.3 Å². The molecule has 22 heavy (non-hydrogen) atoms. The number of thiophene rings is 1. The van der Waals surface area contributed by atoms with Crippen molar-refractivity contribution in [2.24, 2.45) is 0 Å².